The van der Waals surface area contributed by atoms with Crippen LogP contribution < -0.4 is 11.5 Å². The summed E-state index contributed by atoms with van der Waals surface area (Å²) in [7, 11) is 1.77. The maximum atomic E-state index is 6.13. The molecule has 1 aromatic rings. The standard InChI is InChI=1S/C8H15N5/c1-8(10,5-3-4-5)6-11-7(9)13(2)12-6/h5H,3-4,10H2,1-2H3,(H2,9,11,12). The molecule has 1 atom stereocenters. The molecule has 0 spiro atoms. The van der Waals surface area contributed by atoms with Crippen molar-refractivity contribution in [2.45, 2.75) is 25.3 Å². The van der Waals surface area contributed by atoms with E-state index in [1.807, 2.05) is 6.92 Å². The van der Waals surface area contributed by atoms with Crippen molar-refractivity contribution in [2.75, 3.05) is 5.73 Å². The van der Waals surface area contributed by atoms with Gasteiger partial charge in [-0.3, -0.25) is 0 Å². The fraction of sp³-hybridized carbons (Fsp3) is 0.750. The summed E-state index contributed by atoms with van der Waals surface area (Å²) in [5, 5.41) is 4.20. The van der Waals surface area contributed by atoms with Crippen LogP contribution in [-0.4, -0.2) is 14.8 Å². The monoisotopic (exact) mass is 181 g/mol. The average Bonchev–Trinajstić information content (AvgIpc) is 2.81. The zero-order valence-electron chi connectivity index (χ0n) is 7.99. The van der Waals surface area contributed by atoms with Gasteiger partial charge < -0.3 is 11.5 Å². The van der Waals surface area contributed by atoms with Crippen molar-refractivity contribution >= 4 is 5.95 Å². The molecule has 0 aliphatic heterocycles. The number of hydrogen-bond donors (Lipinski definition) is 2. The fourth-order valence-corrected chi connectivity index (χ4v) is 1.49. The van der Waals surface area contributed by atoms with Gasteiger partial charge in [0, 0.05) is 7.05 Å². The highest BCUT2D eigenvalue weighted by atomic mass is 15.4. The normalized spacial score (nSPS) is 21.5. The molecular weight excluding hydrogens is 166 g/mol. The van der Waals surface area contributed by atoms with Crippen LogP contribution in [0, 0.1) is 5.92 Å². The lowest BCUT2D eigenvalue weighted by atomic mass is 9.97. The molecule has 1 heterocycles. The summed E-state index contributed by atoms with van der Waals surface area (Å²) in [5.74, 6) is 1.61. The molecule has 0 amide bonds. The number of aromatic nitrogens is 3. The minimum atomic E-state index is -0.407. The van der Waals surface area contributed by atoms with Crippen molar-refractivity contribution in [3.63, 3.8) is 0 Å². The summed E-state index contributed by atoms with van der Waals surface area (Å²) in [5.41, 5.74) is 11.3. The maximum absolute atomic E-state index is 6.13. The predicted octanol–water partition coefficient (Wildman–Crippen LogP) is -0.0188. The Hall–Kier alpha value is -1.10. The van der Waals surface area contributed by atoms with Gasteiger partial charge in [0.05, 0.1) is 5.54 Å². The first-order valence-electron chi connectivity index (χ1n) is 4.47. The molecule has 72 valence electrons. The Morgan fingerprint density at radius 2 is 2.15 bits per heavy atom. The molecule has 1 unspecified atom stereocenters. The fourth-order valence-electron chi connectivity index (χ4n) is 1.49. The van der Waals surface area contributed by atoms with E-state index in [-0.39, 0.29) is 0 Å². The van der Waals surface area contributed by atoms with Crippen LogP contribution in [0.1, 0.15) is 25.6 Å². The second-order valence-electron chi connectivity index (χ2n) is 3.97. The van der Waals surface area contributed by atoms with E-state index >= 15 is 0 Å². The first kappa shape index (κ1) is 8.50. The lowest BCUT2D eigenvalue weighted by molar-refractivity contribution is 0.398. The Morgan fingerprint density at radius 1 is 1.54 bits per heavy atom. The average molecular weight is 181 g/mol. The first-order valence-corrected chi connectivity index (χ1v) is 4.47. The minimum absolute atomic E-state index is 0.407. The van der Waals surface area contributed by atoms with E-state index in [4.69, 9.17) is 11.5 Å². The summed E-state index contributed by atoms with van der Waals surface area (Å²) >= 11 is 0. The van der Waals surface area contributed by atoms with E-state index in [2.05, 4.69) is 10.1 Å². The Morgan fingerprint density at radius 3 is 2.54 bits per heavy atom. The van der Waals surface area contributed by atoms with Gasteiger partial charge in [-0.2, -0.15) is 10.1 Å². The van der Waals surface area contributed by atoms with Gasteiger partial charge in [0.15, 0.2) is 5.82 Å². The van der Waals surface area contributed by atoms with Crippen molar-refractivity contribution in [3.05, 3.63) is 5.82 Å². The van der Waals surface area contributed by atoms with E-state index in [1.54, 1.807) is 11.7 Å². The topological polar surface area (TPSA) is 82.8 Å². The van der Waals surface area contributed by atoms with Gasteiger partial charge in [-0.15, -0.1) is 0 Å². The maximum Gasteiger partial charge on any atom is 0.218 e. The van der Waals surface area contributed by atoms with Crippen LogP contribution in [0.2, 0.25) is 0 Å². The Bertz CT molecular complexity index is 304. The van der Waals surface area contributed by atoms with Gasteiger partial charge in [-0.25, -0.2) is 4.68 Å². The summed E-state index contributed by atoms with van der Waals surface area (Å²) in [6, 6.07) is 0. The Labute approximate surface area is 77.1 Å². The Balaban J connectivity index is 2.33. The number of nitrogen functional groups attached to an aromatic ring is 1. The summed E-state index contributed by atoms with van der Waals surface area (Å²) in [4.78, 5) is 4.15. The molecule has 2 rings (SSSR count). The number of aryl methyl sites for hydroxylation is 1. The van der Waals surface area contributed by atoms with Crippen LogP contribution in [0.4, 0.5) is 5.95 Å². The third kappa shape index (κ3) is 1.29. The molecule has 1 aromatic heterocycles. The van der Waals surface area contributed by atoms with E-state index in [0.29, 0.717) is 17.7 Å². The molecule has 0 saturated heterocycles. The number of rotatable bonds is 2. The van der Waals surface area contributed by atoms with Gasteiger partial charge in [0.25, 0.3) is 0 Å². The quantitative estimate of drug-likeness (QED) is 0.671. The van der Waals surface area contributed by atoms with Crippen LogP contribution in [-0.2, 0) is 12.6 Å². The van der Waals surface area contributed by atoms with Crippen molar-refractivity contribution in [1.82, 2.24) is 14.8 Å². The number of hydrogen-bond acceptors (Lipinski definition) is 4. The van der Waals surface area contributed by atoms with Crippen molar-refractivity contribution in [1.29, 1.82) is 0 Å². The third-order valence-electron chi connectivity index (χ3n) is 2.70. The first-order chi connectivity index (χ1) is 6.01. The van der Waals surface area contributed by atoms with Crippen molar-refractivity contribution < 1.29 is 0 Å². The van der Waals surface area contributed by atoms with Gasteiger partial charge in [-0.1, -0.05) is 0 Å². The van der Waals surface area contributed by atoms with Crippen LogP contribution in [0.25, 0.3) is 0 Å². The van der Waals surface area contributed by atoms with E-state index in [9.17, 15) is 0 Å². The summed E-state index contributed by atoms with van der Waals surface area (Å²) in [6.45, 7) is 1.97. The van der Waals surface area contributed by atoms with E-state index < -0.39 is 5.54 Å². The molecule has 1 aliphatic carbocycles. The molecule has 4 N–H and O–H groups in total. The highest BCUT2D eigenvalue weighted by Gasteiger charge is 2.42. The molecule has 1 aliphatic rings. The van der Waals surface area contributed by atoms with Gasteiger partial charge in [0.1, 0.15) is 0 Å². The molecule has 5 heteroatoms. The number of nitrogens with two attached hydrogens (primary N) is 2. The molecule has 5 nitrogen and oxygen atoms in total. The number of anilines is 1. The highest BCUT2D eigenvalue weighted by molar-refractivity contribution is 5.20. The summed E-state index contributed by atoms with van der Waals surface area (Å²) < 4.78 is 1.56. The lowest BCUT2D eigenvalue weighted by Crippen LogP contribution is -2.36. The second-order valence-corrected chi connectivity index (χ2v) is 3.97. The van der Waals surface area contributed by atoms with E-state index in [1.165, 1.54) is 12.8 Å². The SMILES string of the molecule is Cn1nc(C(C)(N)C2CC2)nc1N. The molecular formula is C8H15N5. The highest BCUT2D eigenvalue weighted by Crippen LogP contribution is 2.42. The molecule has 1 saturated carbocycles. The van der Waals surface area contributed by atoms with Crippen LogP contribution in [0.3, 0.4) is 0 Å². The predicted molar refractivity (Wildman–Crippen MR) is 49.7 cm³/mol. The van der Waals surface area contributed by atoms with Crippen molar-refractivity contribution in [3.8, 4) is 0 Å². The third-order valence-corrected chi connectivity index (χ3v) is 2.70. The summed E-state index contributed by atoms with van der Waals surface area (Å²) in [6.07, 6.45) is 2.34. The van der Waals surface area contributed by atoms with Gasteiger partial charge in [0.2, 0.25) is 5.95 Å². The van der Waals surface area contributed by atoms with Crippen molar-refractivity contribution in [2.24, 2.45) is 18.7 Å². The van der Waals surface area contributed by atoms with Crippen LogP contribution in [0.5, 0.6) is 0 Å². The van der Waals surface area contributed by atoms with Crippen LogP contribution >= 0.6 is 0 Å². The molecule has 1 fully saturated rings. The van der Waals surface area contributed by atoms with Crippen LogP contribution in [0.15, 0.2) is 0 Å². The van der Waals surface area contributed by atoms with Gasteiger partial charge in [-0.05, 0) is 25.7 Å². The Kier molecular flexibility index (Phi) is 1.60. The largest absolute Gasteiger partial charge is 0.368 e. The molecule has 0 radical (unpaired) electrons. The number of nitrogens with zero attached hydrogens (tertiary/aromatic N) is 3. The molecule has 0 aromatic carbocycles. The molecule has 0 bridgehead atoms. The zero-order valence-corrected chi connectivity index (χ0v) is 7.99. The zero-order chi connectivity index (χ0) is 9.64. The molecule has 13 heavy (non-hydrogen) atoms. The van der Waals surface area contributed by atoms with E-state index in [0.717, 1.165) is 0 Å². The lowest BCUT2D eigenvalue weighted by Gasteiger charge is -2.19. The van der Waals surface area contributed by atoms with Gasteiger partial charge >= 0.3 is 0 Å². The smallest absolute Gasteiger partial charge is 0.218 e. The second kappa shape index (κ2) is 2.45. The minimum Gasteiger partial charge on any atom is -0.368 e.